The summed E-state index contributed by atoms with van der Waals surface area (Å²) in [5.41, 5.74) is 2.71. The van der Waals surface area contributed by atoms with Crippen molar-refractivity contribution in [1.29, 1.82) is 0 Å². The average molecular weight is 428 g/mol. The number of benzene rings is 1. The third kappa shape index (κ3) is 6.43. The van der Waals surface area contributed by atoms with Gasteiger partial charge in [-0.25, -0.2) is 9.59 Å². The van der Waals surface area contributed by atoms with E-state index in [2.05, 4.69) is 4.74 Å². The van der Waals surface area contributed by atoms with E-state index in [1.54, 1.807) is 0 Å². The molecule has 1 atom stereocenters. The number of hydrogen-bond acceptors (Lipinski definition) is 6. The molecule has 0 spiro atoms. The average Bonchev–Trinajstić information content (AvgIpc) is 2.65. The Morgan fingerprint density at radius 3 is 2.00 bits per heavy atom. The molecule has 0 bridgehead atoms. The molecule has 13 heteroatoms. The molecule has 0 radical (unpaired) electrons. The lowest BCUT2D eigenvalue weighted by atomic mass is 9.85. The van der Waals surface area contributed by atoms with Gasteiger partial charge in [-0.2, -0.15) is 17.2 Å². The minimum absolute atomic E-state index is 0.376. The quantitative estimate of drug-likeness (QED) is 0.176. The van der Waals surface area contributed by atoms with Gasteiger partial charge >= 0.3 is 27.3 Å². The van der Waals surface area contributed by atoms with Gasteiger partial charge in [-0.1, -0.05) is 36.7 Å². The van der Waals surface area contributed by atoms with Crippen LogP contribution in [0.1, 0.15) is 23.6 Å². The molecular formula is C16H21B3F2O7S. The van der Waals surface area contributed by atoms with Gasteiger partial charge in [0.15, 0.2) is 6.10 Å². The predicted molar refractivity (Wildman–Crippen MR) is 110 cm³/mol. The molecule has 0 saturated heterocycles. The molecule has 1 aromatic rings. The summed E-state index contributed by atoms with van der Waals surface area (Å²) in [6, 6.07) is 3.83. The number of alkyl halides is 2. The maximum atomic E-state index is 13.4. The molecule has 0 fully saturated rings. The Morgan fingerprint density at radius 2 is 1.59 bits per heavy atom. The van der Waals surface area contributed by atoms with Crippen LogP contribution in [0.25, 0.3) is 0 Å². The number of carbonyl (C=O) groups is 2. The second-order valence-corrected chi connectivity index (χ2v) is 7.67. The number of rotatable bonds is 9. The predicted octanol–water partition coefficient (Wildman–Crippen LogP) is -1.04. The van der Waals surface area contributed by atoms with Gasteiger partial charge in [0.25, 0.3) is 0 Å². The Morgan fingerprint density at radius 1 is 1.10 bits per heavy atom. The number of halogens is 2. The molecule has 1 unspecified atom stereocenters. The summed E-state index contributed by atoms with van der Waals surface area (Å²) in [7, 11) is 0.0308. The Labute approximate surface area is 170 Å². The van der Waals surface area contributed by atoms with E-state index in [9.17, 15) is 26.8 Å². The van der Waals surface area contributed by atoms with Crippen LogP contribution < -0.4 is 4.74 Å². The molecule has 0 aromatic heterocycles. The van der Waals surface area contributed by atoms with Crippen molar-refractivity contribution < 1.29 is 40.8 Å². The molecule has 0 aliphatic heterocycles. The highest BCUT2D eigenvalue weighted by atomic mass is 32.2. The minimum Gasteiger partial charge on any atom is -0.452 e. The SMILES string of the molecule is BCc1cc(CB)c(OC(=O)/C=C/C(=O)OC(C)C(F)(F)S(=O)(=O)O)c(CB)c1. The first kappa shape index (κ1) is 24.9. The zero-order chi connectivity index (χ0) is 22.4. The van der Waals surface area contributed by atoms with Crippen LogP contribution in [0.2, 0.25) is 0 Å². The third-order valence-corrected chi connectivity index (χ3v) is 5.16. The summed E-state index contributed by atoms with van der Waals surface area (Å²) >= 11 is 0. The zero-order valence-corrected chi connectivity index (χ0v) is 17.4. The summed E-state index contributed by atoms with van der Waals surface area (Å²) in [6.45, 7) is 0.591. The van der Waals surface area contributed by atoms with Crippen LogP contribution in [0.5, 0.6) is 5.75 Å². The van der Waals surface area contributed by atoms with Crippen molar-refractivity contribution in [3.8, 4) is 5.75 Å². The Kier molecular flexibility index (Phi) is 8.64. The van der Waals surface area contributed by atoms with Gasteiger partial charge in [0.05, 0.1) is 0 Å². The van der Waals surface area contributed by atoms with E-state index in [1.165, 1.54) is 0 Å². The lowest BCUT2D eigenvalue weighted by molar-refractivity contribution is -0.153. The normalized spacial score (nSPS) is 13.2. The van der Waals surface area contributed by atoms with Gasteiger partial charge in [-0.05, 0) is 18.1 Å². The van der Waals surface area contributed by atoms with E-state index in [0.717, 1.165) is 23.0 Å². The second-order valence-electron chi connectivity index (χ2n) is 6.17. The van der Waals surface area contributed by atoms with Crippen molar-refractivity contribution in [2.24, 2.45) is 0 Å². The summed E-state index contributed by atoms with van der Waals surface area (Å²) in [5, 5.41) is -4.69. The van der Waals surface area contributed by atoms with E-state index in [1.807, 2.05) is 35.7 Å². The fourth-order valence-electron chi connectivity index (χ4n) is 2.45. The molecule has 0 saturated carbocycles. The number of hydrogen-bond donors (Lipinski definition) is 1. The molecule has 1 rings (SSSR count). The van der Waals surface area contributed by atoms with Gasteiger partial charge in [0.2, 0.25) is 0 Å². The summed E-state index contributed by atoms with van der Waals surface area (Å²) < 4.78 is 66.0. The van der Waals surface area contributed by atoms with Gasteiger partial charge in [0.1, 0.15) is 29.3 Å². The Bertz CT molecular complexity index is 879. The largest absolute Gasteiger partial charge is 0.452 e. The van der Waals surface area contributed by atoms with E-state index in [4.69, 9.17) is 9.29 Å². The second kappa shape index (κ2) is 10.1. The molecule has 0 aliphatic rings. The van der Waals surface area contributed by atoms with Crippen LogP contribution in [0.3, 0.4) is 0 Å². The molecule has 1 aromatic carbocycles. The highest BCUT2D eigenvalue weighted by molar-refractivity contribution is 7.86. The van der Waals surface area contributed by atoms with Crippen molar-refractivity contribution >= 4 is 45.6 Å². The first-order valence-corrected chi connectivity index (χ1v) is 10.4. The third-order valence-electron chi connectivity index (χ3n) is 4.14. The van der Waals surface area contributed by atoms with Gasteiger partial charge in [-0.3, -0.25) is 4.55 Å². The first-order valence-electron chi connectivity index (χ1n) is 8.97. The number of ether oxygens (including phenoxy) is 2. The molecule has 0 aliphatic carbocycles. The molecule has 0 heterocycles. The standard InChI is InChI=1S/C16H21B3F2O7S/c1-9(16(20,21)29(24,25)26)27-13(22)2-3-14(23)28-15-11(7-18)4-10(6-17)5-12(15)8-19/h2-5,9H,6-8,17-19H2,1H3,(H,24,25,26)/b3-2+. The highest BCUT2D eigenvalue weighted by Crippen LogP contribution is 2.28. The van der Waals surface area contributed by atoms with Crippen LogP contribution in [0.15, 0.2) is 24.3 Å². The maximum Gasteiger partial charge on any atom is 0.405 e. The van der Waals surface area contributed by atoms with Crippen LogP contribution in [0.4, 0.5) is 8.78 Å². The topological polar surface area (TPSA) is 107 Å². The van der Waals surface area contributed by atoms with Crippen molar-refractivity contribution in [3.05, 3.63) is 41.0 Å². The Balaban J connectivity index is 2.90. The van der Waals surface area contributed by atoms with Gasteiger partial charge in [-0.15, -0.1) is 0 Å². The van der Waals surface area contributed by atoms with Crippen LogP contribution in [0, 0.1) is 0 Å². The molecule has 0 amide bonds. The van der Waals surface area contributed by atoms with E-state index < -0.39 is 33.4 Å². The van der Waals surface area contributed by atoms with Crippen molar-refractivity contribution in [1.82, 2.24) is 0 Å². The first-order chi connectivity index (χ1) is 13.4. The summed E-state index contributed by atoms with van der Waals surface area (Å²) in [6.07, 6.45) is 0.788. The smallest absolute Gasteiger partial charge is 0.405 e. The number of esters is 2. The Hall–Kier alpha value is -2.14. The monoisotopic (exact) mass is 428 g/mol. The molecule has 29 heavy (non-hydrogen) atoms. The van der Waals surface area contributed by atoms with Gasteiger partial charge in [0, 0.05) is 12.2 Å². The lowest BCUT2D eigenvalue weighted by Gasteiger charge is -2.19. The van der Waals surface area contributed by atoms with Crippen LogP contribution in [-0.4, -0.2) is 59.8 Å². The fraction of sp³-hybridized carbons (Fsp3) is 0.375. The molecule has 7 nitrogen and oxygen atoms in total. The van der Waals surface area contributed by atoms with Gasteiger partial charge < -0.3 is 9.47 Å². The van der Waals surface area contributed by atoms with E-state index >= 15 is 0 Å². The lowest BCUT2D eigenvalue weighted by Crippen LogP contribution is -2.41. The van der Waals surface area contributed by atoms with E-state index in [0.29, 0.717) is 37.5 Å². The van der Waals surface area contributed by atoms with Crippen molar-refractivity contribution in [2.75, 3.05) is 0 Å². The van der Waals surface area contributed by atoms with Crippen LogP contribution in [-0.2, 0) is 43.4 Å². The van der Waals surface area contributed by atoms with Crippen molar-refractivity contribution in [3.63, 3.8) is 0 Å². The molecular weight excluding hydrogens is 407 g/mol. The summed E-state index contributed by atoms with van der Waals surface area (Å²) in [4.78, 5) is 23.6. The van der Waals surface area contributed by atoms with E-state index in [-0.39, 0.29) is 0 Å². The number of carbonyl (C=O) groups excluding carboxylic acids is 2. The minimum atomic E-state index is -5.77. The van der Waals surface area contributed by atoms with Crippen molar-refractivity contribution in [2.45, 2.75) is 37.2 Å². The summed E-state index contributed by atoms with van der Waals surface area (Å²) in [5.74, 6) is -1.95. The maximum absolute atomic E-state index is 13.4. The molecule has 1 N–H and O–H groups in total. The fourth-order valence-corrected chi connectivity index (χ4v) is 2.92. The van der Waals surface area contributed by atoms with Crippen LogP contribution >= 0.6 is 0 Å². The highest BCUT2D eigenvalue weighted by Gasteiger charge is 2.51. The zero-order valence-electron chi connectivity index (χ0n) is 16.6. The molecule has 156 valence electrons.